The van der Waals surface area contributed by atoms with E-state index in [1.54, 1.807) is 34.1 Å². The molecule has 0 spiro atoms. The highest BCUT2D eigenvalue weighted by Crippen LogP contribution is 2.45. The van der Waals surface area contributed by atoms with Crippen molar-refractivity contribution in [2.45, 2.75) is 19.3 Å². The molecule has 42 heavy (non-hydrogen) atoms. The summed E-state index contributed by atoms with van der Waals surface area (Å²) in [6.45, 7) is 2.46. The lowest BCUT2D eigenvalue weighted by atomic mass is 9.96. The number of hydrogen-bond acceptors (Lipinski definition) is 6. The summed E-state index contributed by atoms with van der Waals surface area (Å²) in [7, 11) is 1.24. The third kappa shape index (κ3) is 5.60. The van der Waals surface area contributed by atoms with Crippen molar-refractivity contribution >= 4 is 34.2 Å². The van der Waals surface area contributed by atoms with Crippen LogP contribution in [0, 0.1) is 11.3 Å². The number of halogens is 4. The summed E-state index contributed by atoms with van der Waals surface area (Å²) in [5.74, 6) is -1.59. The van der Waals surface area contributed by atoms with E-state index in [1.807, 2.05) is 0 Å². The number of alkyl halides is 4. The molecular formula is C29H24F4N6O3. The molecule has 0 aliphatic heterocycles. The molecule has 13 heteroatoms. The molecule has 4 N–H and O–H groups in total. The van der Waals surface area contributed by atoms with Crippen molar-refractivity contribution in [3.05, 3.63) is 72.4 Å². The lowest BCUT2D eigenvalue weighted by Crippen LogP contribution is -2.36. The number of carbonyl (C=O) groups excluding carboxylic acids is 2. The van der Waals surface area contributed by atoms with Crippen LogP contribution in [-0.2, 0) is 11.3 Å². The SMILES string of the molecule is C=CC(=O)Nc1ccc(-c2c(-c3ccc(C(=O)NC(F)C(F)F)c(OC)c3)c3c(N)ncc(C#N)c3n2CCF)cc1. The van der Waals surface area contributed by atoms with Crippen LogP contribution in [0.1, 0.15) is 15.9 Å². The summed E-state index contributed by atoms with van der Waals surface area (Å²) in [6.07, 6.45) is -3.92. The van der Waals surface area contributed by atoms with Crippen molar-refractivity contribution in [2.24, 2.45) is 0 Å². The molecule has 1 unspecified atom stereocenters. The molecule has 216 valence electrons. The summed E-state index contributed by atoms with van der Waals surface area (Å²) < 4.78 is 59.8. The van der Waals surface area contributed by atoms with Gasteiger partial charge in [0.2, 0.25) is 12.2 Å². The molecular weight excluding hydrogens is 556 g/mol. The van der Waals surface area contributed by atoms with E-state index in [9.17, 15) is 32.4 Å². The van der Waals surface area contributed by atoms with Gasteiger partial charge in [-0.05, 0) is 41.5 Å². The minimum absolute atomic E-state index is 0.0331. The second-order valence-corrected chi connectivity index (χ2v) is 8.85. The number of anilines is 2. The van der Waals surface area contributed by atoms with Crippen LogP contribution in [0.5, 0.6) is 5.75 Å². The predicted molar refractivity (Wildman–Crippen MR) is 149 cm³/mol. The number of nitriles is 1. The average Bonchev–Trinajstić information content (AvgIpc) is 3.33. The van der Waals surface area contributed by atoms with E-state index in [0.717, 1.165) is 6.08 Å². The number of aryl methyl sites for hydroxylation is 1. The number of aromatic nitrogens is 2. The van der Waals surface area contributed by atoms with Crippen LogP contribution in [0.15, 0.2) is 61.3 Å². The maximum Gasteiger partial charge on any atom is 0.287 e. The molecule has 4 rings (SSSR count). The van der Waals surface area contributed by atoms with Crippen LogP contribution in [0.4, 0.5) is 29.1 Å². The number of fused-ring (bicyclic) bond motifs is 1. The molecule has 0 bridgehead atoms. The van der Waals surface area contributed by atoms with E-state index in [-0.39, 0.29) is 29.2 Å². The number of rotatable bonds is 10. The van der Waals surface area contributed by atoms with Crippen molar-refractivity contribution < 1.29 is 31.9 Å². The Labute approximate surface area is 237 Å². The molecule has 1 atom stereocenters. The Balaban J connectivity index is 2.00. The summed E-state index contributed by atoms with van der Waals surface area (Å²) in [5.41, 5.74) is 8.77. The maximum atomic E-state index is 14.0. The Bertz CT molecular complexity index is 1710. The zero-order chi connectivity index (χ0) is 30.6. The van der Waals surface area contributed by atoms with Crippen LogP contribution < -0.4 is 21.1 Å². The van der Waals surface area contributed by atoms with E-state index < -0.39 is 31.2 Å². The van der Waals surface area contributed by atoms with Gasteiger partial charge in [0, 0.05) is 17.4 Å². The topological polar surface area (TPSA) is 135 Å². The average molecular weight is 581 g/mol. The van der Waals surface area contributed by atoms with Gasteiger partial charge >= 0.3 is 0 Å². The van der Waals surface area contributed by atoms with Gasteiger partial charge < -0.3 is 25.7 Å². The van der Waals surface area contributed by atoms with Gasteiger partial charge in [-0.2, -0.15) is 5.26 Å². The molecule has 2 aromatic heterocycles. The number of carbonyl (C=O) groups is 2. The summed E-state index contributed by atoms with van der Waals surface area (Å²) in [4.78, 5) is 28.4. The van der Waals surface area contributed by atoms with Crippen LogP contribution >= 0.6 is 0 Å². The number of amides is 2. The van der Waals surface area contributed by atoms with Crippen LogP contribution in [0.3, 0.4) is 0 Å². The van der Waals surface area contributed by atoms with Gasteiger partial charge in [0.15, 0.2) is 0 Å². The summed E-state index contributed by atoms with van der Waals surface area (Å²) in [6, 6.07) is 12.8. The minimum atomic E-state index is -3.43. The number of benzene rings is 2. The highest BCUT2D eigenvalue weighted by atomic mass is 19.3. The molecule has 0 radical (unpaired) electrons. The maximum absolute atomic E-state index is 14.0. The van der Waals surface area contributed by atoms with Crippen molar-refractivity contribution in [1.82, 2.24) is 14.9 Å². The van der Waals surface area contributed by atoms with E-state index in [1.165, 1.54) is 31.5 Å². The summed E-state index contributed by atoms with van der Waals surface area (Å²) in [5, 5.41) is 14.4. The Morgan fingerprint density at radius 1 is 1.19 bits per heavy atom. The van der Waals surface area contributed by atoms with Gasteiger partial charge in [0.25, 0.3) is 12.3 Å². The Morgan fingerprint density at radius 2 is 1.88 bits per heavy atom. The van der Waals surface area contributed by atoms with Gasteiger partial charge in [0.05, 0.1) is 41.4 Å². The number of nitrogens with two attached hydrogens (primary N) is 1. The first-order chi connectivity index (χ1) is 20.1. The fraction of sp³-hybridized carbons (Fsp3) is 0.172. The Hall–Kier alpha value is -5.38. The molecule has 0 saturated carbocycles. The highest BCUT2D eigenvalue weighted by Gasteiger charge is 2.27. The molecule has 0 fully saturated rings. The number of methoxy groups -OCH3 is 1. The number of hydrogen-bond donors (Lipinski definition) is 3. The van der Waals surface area contributed by atoms with Crippen molar-refractivity contribution in [3.63, 3.8) is 0 Å². The third-order valence-corrected chi connectivity index (χ3v) is 6.37. The molecule has 4 aromatic rings. The number of pyridine rings is 1. The van der Waals surface area contributed by atoms with Crippen molar-refractivity contribution in [3.8, 4) is 34.2 Å². The normalized spacial score (nSPS) is 11.6. The highest BCUT2D eigenvalue weighted by molar-refractivity contribution is 6.11. The zero-order valence-corrected chi connectivity index (χ0v) is 22.1. The lowest BCUT2D eigenvalue weighted by molar-refractivity contribution is -0.111. The van der Waals surface area contributed by atoms with Gasteiger partial charge in [-0.15, -0.1) is 0 Å². The van der Waals surface area contributed by atoms with E-state index in [4.69, 9.17) is 10.5 Å². The van der Waals surface area contributed by atoms with E-state index >= 15 is 0 Å². The summed E-state index contributed by atoms with van der Waals surface area (Å²) >= 11 is 0. The monoisotopic (exact) mass is 580 g/mol. The van der Waals surface area contributed by atoms with Gasteiger partial charge in [0.1, 0.15) is 24.3 Å². The van der Waals surface area contributed by atoms with Gasteiger partial charge in [-0.25, -0.2) is 22.5 Å². The minimum Gasteiger partial charge on any atom is -0.496 e. The first-order valence-electron chi connectivity index (χ1n) is 12.4. The Kier molecular flexibility index (Phi) is 8.76. The second-order valence-electron chi connectivity index (χ2n) is 8.85. The first kappa shape index (κ1) is 29.6. The van der Waals surface area contributed by atoms with Crippen molar-refractivity contribution in [2.75, 3.05) is 24.8 Å². The molecule has 2 heterocycles. The first-order valence-corrected chi connectivity index (χ1v) is 12.4. The molecule has 0 saturated heterocycles. The number of nitrogens with zero attached hydrogens (tertiary/aromatic N) is 3. The number of nitrogen functional groups attached to an aromatic ring is 1. The number of nitrogens with one attached hydrogen (secondary N) is 2. The van der Waals surface area contributed by atoms with Crippen LogP contribution in [0.25, 0.3) is 33.3 Å². The molecule has 2 aromatic carbocycles. The molecule has 0 aliphatic carbocycles. The standard InChI is InChI=1S/C29H24F4N6O3/c1-3-21(40)37-18-7-4-15(5-8-18)24-22(23-25(39(24)11-10-30)17(13-34)14-36-28(23)35)16-6-9-19(20(12-16)42-2)29(41)38-27(33)26(31)32/h3-9,12,14,26-27H,1,10-11H2,2H3,(H2,35,36)(H,37,40)(H,38,41). The van der Waals surface area contributed by atoms with Crippen LogP contribution in [-0.4, -0.2) is 47.9 Å². The molecule has 2 amide bonds. The largest absolute Gasteiger partial charge is 0.496 e. The van der Waals surface area contributed by atoms with Crippen molar-refractivity contribution in [1.29, 1.82) is 5.26 Å². The second kappa shape index (κ2) is 12.4. The molecule has 9 nitrogen and oxygen atoms in total. The van der Waals surface area contributed by atoms with Crippen LogP contribution in [0.2, 0.25) is 0 Å². The quantitative estimate of drug-likeness (QED) is 0.134. The fourth-order valence-electron chi connectivity index (χ4n) is 4.58. The molecule has 0 aliphatic rings. The Morgan fingerprint density at radius 3 is 2.48 bits per heavy atom. The number of ether oxygens (including phenoxy) is 1. The van der Waals surface area contributed by atoms with E-state index in [0.29, 0.717) is 39.0 Å². The zero-order valence-electron chi connectivity index (χ0n) is 22.1. The fourth-order valence-corrected chi connectivity index (χ4v) is 4.58. The third-order valence-electron chi connectivity index (χ3n) is 6.37. The lowest BCUT2D eigenvalue weighted by Gasteiger charge is -2.15. The smallest absolute Gasteiger partial charge is 0.287 e. The van der Waals surface area contributed by atoms with E-state index in [2.05, 4.69) is 22.9 Å². The van der Waals surface area contributed by atoms with Gasteiger partial charge in [-0.3, -0.25) is 9.59 Å². The predicted octanol–water partition coefficient (Wildman–Crippen LogP) is 5.22. The van der Waals surface area contributed by atoms with Gasteiger partial charge in [-0.1, -0.05) is 24.8 Å².